The van der Waals surface area contributed by atoms with Crippen molar-refractivity contribution in [2.45, 2.75) is 43.6 Å². The number of halogens is 1. The molecule has 1 spiro atoms. The average Bonchev–Trinajstić information content (AvgIpc) is 2.88. The Hall–Kier alpha value is -2.48. The third-order valence-electron chi connectivity index (χ3n) is 6.67. The number of benzene rings is 2. The number of hydrogen-bond donors (Lipinski definition) is 2. The van der Waals surface area contributed by atoms with E-state index in [1.54, 1.807) is 6.20 Å². The summed E-state index contributed by atoms with van der Waals surface area (Å²) in [5.41, 5.74) is 3.88. The van der Waals surface area contributed by atoms with Gasteiger partial charge in [0, 0.05) is 54.3 Å². The second kappa shape index (κ2) is 10.4. The fourth-order valence-electron chi connectivity index (χ4n) is 4.66. The lowest BCUT2D eigenvalue weighted by Gasteiger charge is -2.43. The van der Waals surface area contributed by atoms with Crippen molar-refractivity contribution in [3.63, 3.8) is 0 Å². The molecule has 0 amide bonds. The molecule has 2 heterocycles. The van der Waals surface area contributed by atoms with Gasteiger partial charge in [-0.1, -0.05) is 48.5 Å². The molecule has 1 atom stereocenters. The van der Waals surface area contributed by atoms with Crippen molar-refractivity contribution in [1.82, 2.24) is 10.3 Å². The van der Waals surface area contributed by atoms with Crippen LogP contribution in [0.25, 0.3) is 16.5 Å². The van der Waals surface area contributed by atoms with Crippen LogP contribution in [0.3, 0.4) is 0 Å². The number of nitrogens with one attached hydrogen (secondary N) is 2. The van der Waals surface area contributed by atoms with Crippen LogP contribution in [0.2, 0.25) is 5.02 Å². The molecule has 7 heteroatoms. The van der Waals surface area contributed by atoms with Gasteiger partial charge in [0.05, 0.1) is 12.1 Å². The Balaban J connectivity index is 1.05. The standard InChI is InChI=1S/C27H30ClN3O3/c1-19(20-5-3-2-4-6-20)26-18-32-27(34-33-26)12-9-22(10-13-27)29-15-16-31-24-11-14-30-25-17-21(28)7-8-23(24)25/h2-8,11,14,17,22,26,29H,1,9-10,12-13,15-16,18H2,(H,30,31). The number of pyridine rings is 1. The zero-order chi connectivity index (χ0) is 23.4. The van der Waals surface area contributed by atoms with E-state index in [1.165, 1.54) is 0 Å². The molecule has 178 valence electrons. The molecule has 34 heavy (non-hydrogen) atoms. The number of aromatic nitrogens is 1. The first-order valence-corrected chi connectivity index (χ1v) is 12.2. The van der Waals surface area contributed by atoms with Gasteiger partial charge in [-0.2, -0.15) is 0 Å². The van der Waals surface area contributed by atoms with E-state index in [2.05, 4.69) is 22.2 Å². The fourth-order valence-corrected chi connectivity index (χ4v) is 4.83. The summed E-state index contributed by atoms with van der Waals surface area (Å²) < 4.78 is 6.18. The lowest BCUT2D eigenvalue weighted by Crippen LogP contribution is -2.50. The van der Waals surface area contributed by atoms with Crippen LogP contribution in [0.5, 0.6) is 0 Å². The molecule has 5 rings (SSSR count). The van der Waals surface area contributed by atoms with Crippen molar-refractivity contribution in [3.8, 4) is 0 Å². The van der Waals surface area contributed by atoms with E-state index in [0.717, 1.165) is 66.5 Å². The first kappa shape index (κ1) is 23.3. The number of fused-ring (bicyclic) bond motifs is 1. The second-order valence-corrected chi connectivity index (χ2v) is 9.39. The monoisotopic (exact) mass is 479 g/mol. The minimum atomic E-state index is -0.638. The minimum Gasteiger partial charge on any atom is -0.383 e. The first-order valence-electron chi connectivity index (χ1n) is 11.9. The van der Waals surface area contributed by atoms with Gasteiger partial charge < -0.3 is 15.4 Å². The Morgan fingerprint density at radius 2 is 1.91 bits per heavy atom. The van der Waals surface area contributed by atoms with Gasteiger partial charge in [0.15, 0.2) is 0 Å². The Morgan fingerprint density at radius 1 is 1.09 bits per heavy atom. The second-order valence-electron chi connectivity index (χ2n) is 8.96. The summed E-state index contributed by atoms with van der Waals surface area (Å²) >= 11 is 6.08. The van der Waals surface area contributed by atoms with Crippen LogP contribution in [0.1, 0.15) is 31.2 Å². The van der Waals surface area contributed by atoms with Crippen molar-refractivity contribution in [3.05, 3.63) is 78.0 Å². The largest absolute Gasteiger partial charge is 0.383 e. The third-order valence-corrected chi connectivity index (χ3v) is 6.91. The predicted octanol–water partition coefficient (Wildman–Crippen LogP) is 5.59. The number of anilines is 1. The Kier molecular flexibility index (Phi) is 7.13. The van der Waals surface area contributed by atoms with Crippen LogP contribution in [0, 0.1) is 0 Å². The van der Waals surface area contributed by atoms with E-state index in [4.69, 9.17) is 26.1 Å². The average molecular weight is 480 g/mol. The van der Waals surface area contributed by atoms with E-state index < -0.39 is 5.79 Å². The summed E-state index contributed by atoms with van der Waals surface area (Å²) in [6, 6.07) is 18.2. The van der Waals surface area contributed by atoms with Crippen LogP contribution < -0.4 is 10.6 Å². The van der Waals surface area contributed by atoms with Crippen LogP contribution >= 0.6 is 11.6 Å². The highest BCUT2D eigenvalue weighted by atomic mass is 35.5. The van der Waals surface area contributed by atoms with Crippen LogP contribution in [0.15, 0.2) is 67.4 Å². The molecular weight excluding hydrogens is 450 g/mol. The molecule has 2 fully saturated rings. The van der Waals surface area contributed by atoms with E-state index in [1.807, 2.05) is 54.6 Å². The van der Waals surface area contributed by atoms with Gasteiger partial charge in [-0.25, -0.2) is 9.78 Å². The van der Waals surface area contributed by atoms with Crippen LogP contribution in [-0.4, -0.2) is 42.6 Å². The normalized spacial score (nSPS) is 24.9. The number of hydrogen-bond acceptors (Lipinski definition) is 6. The van der Waals surface area contributed by atoms with Crippen molar-refractivity contribution >= 4 is 33.8 Å². The molecule has 1 aliphatic heterocycles. The Morgan fingerprint density at radius 3 is 2.68 bits per heavy atom. The quantitative estimate of drug-likeness (QED) is 0.340. The highest BCUT2D eigenvalue weighted by Crippen LogP contribution is 2.38. The molecule has 1 saturated carbocycles. The molecule has 0 radical (unpaired) electrons. The van der Waals surface area contributed by atoms with Crippen molar-refractivity contribution in [2.24, 2.45) is 0 Å². The zero-order valence-corrected chi connectivity index (χ0v) is 19.9. The molecule has 3 aromatic rings. The SMILES string of the molecule is C=C(c1ccccc1)C1COC2(CCC(NCCNc3ccnc4cc(Cl)ccc34)CC2)OO1. The fraction of sp³-hybridized carbons (Fsp3) is 0.370. The number of nitrogens with zero attached hydrogens (tertiary/aromatic N) is 1. The van der Waals surface area contributed by atoms with Gasteiger partial charge in [-0.3, -0.25) is 4.98 Å². The third kappa shape index (κ3) is 5.27. The molecular formula is C27H30ClN3O3. The zero-order valence-electron chi connectivity index (χ0n) is 19.1. The van der Waals surface area contributed by atoms with Gasteiger partial charge in [0.1, 0.15) is 6.10 Å². The summed E-state index contributed by atoms with van der Waals surface area (Å²) in [5.74, 6) is -0.638. The van der Waals surface area contributed by atoms with E-state index in [9.17, 15) is 0 Å². The van der Waals surface area contributed by atoms with E-state index in [-0.39, 0.29) is 6.10 Å². The summed E-state index contributed by atoms with van der Waals surface area (Å²) in [5, 5.41) is 8.93. The Labute approximate surface area is 205 Å². The molecule has 2 aromatic carbocycles. The number of rotatable bonds is 7. The minimum absolute atomic E-state index is 0.282. The molecule has 1 saturated heterocycles. The Bertz CT molecular complexity index is 1120. The summed E-state index contributed by atoms with van der Waals surface area (Å²) in [7, 11) is 0. The van der Waals surface area contributed by atoms with Crippen LogP contribution in [0.4, 0.5) is 5.69 Å². The van der Waals surface area contributed by atoms with Gasteiger partial charge in [0.2, 0.25) is 5.79 Å². The molecule has 2 aliphatic rings. The molecule has 1 unspecified atom stereocenters. The summed E-state index contributed by atoms with van der Waals surface area (Å²) in [6.07, 6.45) is 5.09. The molecule has 1 aromatic heterocycles. The molecule has 0 bridgehead atoms. The predicted molar refractivity (Wildman–Crippen MR) is 136 cm³/mol. The van der Waals surface area contributed by atoms with Gasteiger partial charge in [0.25, 0.3) is 0 Å². The maximum absolute atomic E-state index is 6.18. The number of ether oxygens (including phenoxy) is 1. The van der Waals surface area contributed by atoms with E-state index in [0.29, 0.717) is 17.7 Å². The van der Waals surface area contributed by atoms with Crippen LogP contribution in [-0.2, 0) is 14.5 Å². The van der Waals surface area contributed by atoms with Crippen molar-refractivity contribution in [2.75, 3.05) is 25.0 Å². The highest BCUT2D eigenvalue weighted by molar-refractivity contribution is 6.31. The highest BCUT2D eigenvalue weighted by Gasteiger charge is 2.43. The molecule has 1 aliphatic carbocycles. The van der Waals surface area contributed by atoms with Gasteiger partial charge in [-0.05, 0) is 48.2 Å². The first-order chi connectivity index (χ1) is 16.6. The smallest absolute Gasteiger partial charge is 0.201 e. The summed E-state index contributed by atoms with van der Waals surface area (Å²) in [4.78, 5) is 15.9. The van der Waals surface area contributed by atoms with Crippen molar-refractivity contribution < 1.29 is 14.5 Å². The molecule has 2 N–H and O–H groups in total. The van der Waals surface area contributed by atoms with Gasteiger partial charge >= 0.3 is 0 Å². The lowest BCUT2D eigenvalue weighted by molar-refractivity contribution is -0.483. The lowest BCUT2D eigenvalue weighted by atomic mass is 9.89. The maximum atomic E-state index is 6.18. The topological polar surface area (TPSA) is 64.6 Å². The maximum Gasteiger partial charge on any atom is 0.201 e. The summed E-state index contributed by atoms with van der Waals surface area (Å²) in [6.45, 7) is 6.32. The van der Waals surface area contributed by atoms with E-state index >= 15 is 0 Å². The van der Waals surface area contributed by atoms with Gasteiger partial charge in [-0.15, -0.1) is 0 Å². The molecule has 6 nitrogen and oxygen atoms in total. The van der Waals surface area contributed by atoms with Crippen molar-refractivity contribution in [1.29, 1.82) is 0 Å².